The van der Waals surface area contributed by atoms with Gasteiger partial charge in [-0.2, -0.15) is 12.6 Å². The Kier molecular flexibility index (Phi) is 6.94. The number of hydrogen-bond donors (Lipinski definition) is 2. The first-order valence-electron chi connectivity index (χ1n) is 5.09. The van der Waals surface area contributed by atoms with Crippen molar-refractivity contribution in [2.24, 2.45) is 0 Å². The Morgan fingerprint density at radius 2 is 2.00 bits per heavy atom. The minimum absolute atomic E-state index is 0.0471. The summed E-state index contributed by atoms with van der Waals surface area (Å²) in [5, 5.41) is 18.9. The summed E-state index contributed by atoms with van der Waals surface area (Å²) in [4.78, 5) is 43.9. The molecule has 0 fully saturated rings. The van der Waals surface area contributed by atoms with E-state index in [1.165, 1.54) is 0 Å². The van der Waals surface area contributed by atoms with Crippen molar-refractivity contribution < 1.29 is 24.4 Å². The predicted octanol–water partition coefficient (Wildman–Crippen LogP) is -0.199. The van der Waals surface area contributed by atoms with Gasteiger partial charge < -0.3 is 5.11 Å². The summed E-state index contributed by atoms with van der Waals surface area (Å²) in [6.45, 7) is 0.654. The molecule has 18 heavy (non-hydrogen) atoms. The van der Waals surface area contributed by atoms with Crippen molar-refractivity contribution in [1.82, 2.24) is 4.90 Å². The van der Waals surface area contributed by atoms with E-state index in [0.29, 0.717) is 4.90 Å². The minimum Gasteiger partial charge on any atom is -0.480 e. The zero-order valence-electron chi connectivity index (χ0n) is 9.74. The van der Waals surface area contributed by atoms with Crippen molar-refractivity contribution in [3.05, 3.63) is 10.1 Å². The molecular weight excluding hydrogens is 264 g/mol. The summed E-state index contributed by atoms with van der Waals surface area (Å²) >= 11 is 3.77. The lowest BCUT2D eigenvalue weighted by Crippen LogP contribution is -2.48. The zero-order chi connectivity index (χ0) is 14.3. The Morgan fingerprint density at radius 1 is 1.44 bits per heavy atom. The Balaban J connectivity index is 4.68. The van der Waals surface area contributed by atoms with Gasteiger partial charge in [0.1, 0.15) is 6.04 Å². The molecule has 0 aliphatic carbocycles. The number of hydrogen-bond acceptors (Lipinski definition) is 6. The number of carbonyl (C=O) groups excluding carboxylic acids is 2. The molecule has 0 aromatic heterocycles. The fourth-order valence-corrected chi connectivity index (χ4v) is 1.64. The fraction of sp³-hybridized carbons (Fsp3) is 0.667. The molecule has 0 spiro atoms. The number of amides is 2. The molecule has 0 aromatic carbocycles. The molecule has 8 nitrogen and oxygen atoms in total. The molecule has 0 bridgehead atoms. The van der Waals surface area contributed by atoms with Crippen LogP contribution in [0.3, 0.4) is 0 Å². The van der Waals surface area contributed by atoms with Crippen LogP contribution in [0.2, 0.25) is 0 Å². The van der Waals surface area contributed by atoms with Crippen molar-refractivity contribution >= 4 is 30.4 Å². The Labute approximate surface area is 109 Å². The van der Waals surface area contributed by atoms with E-state index >= 15 is 0 Å². The quantitative estimate of drug-likeness (QED) is 0.378. The lowest BCUT2D eigenvalue weighted by atomic mass is 10.2. The second kappa shape index (κ2) is 7.64. The first-order chi connectivity index (χ1) is 8.31. The second-order valence-corrected chi connectivity index (χ2v) is 3.84. The molecule has 1 atom stereocenters. The van der Waals surface area contributed by atoms with Gasteiger partial charge in [-0.15, -0.1) is 0 Å². The van der Waals surface area contributed by atoms with E-state index in [2.05, 4.69) is 12.6 Å². The van der Waals surface area contributed by atoms with E-state index in [4.69, 9.17) is 5.11 Å². The van der Waals surface area contributed by atoms with Gasteiger partial charge in [-0.3, -0.25) is 24.6 Å². The van der Waals surface area contributed by atoms with E-state index in [1.54, 1.807) is 0 Å². The maximum Gasteiger partial charge on any atom is 0.327 e. The van der Waals surface area contributed by atoms with Crippen molar-refractivity contribution in [3.8, 4) is 0 Å². The van der Waals surface area contributed by atoms with Crippen LogP contribution in [0.4, 0.5) is 0 Å². The van der Waals surface area contributed by atoms with E-state index in [-0.39, 0.29) is 18.6 Å². The first-order valence-corrected chi connectivity index (χ1v) is 5.72. The molecule has 2 amide bonds. The summed E-state index contributed by atoms with van der Waals surface area (Å²) < 4.78 is 0. The largest absolute Gasteiger partial charge is 0.480 e. The first kappa shape index (κ1) is 16.4. The second-order valence-electron chi connectivity index (χ2n) is 3.48. The summed E-state index contributed by atoms with van der Waals surface area (Å²) in [5.74, 6) is -3.02. The van der Waals surface area contributed by atoms with Gasteiger partial charge in [-0.25, -0.2) is 4.79 Å². The number of thiol groups is 1. The van der Waals surface area contributed by atoms with Crippen LogP contribution in [0, 0.1) is 10.1 Å². The van der Waals surface area contributed by atoms with Gasteiger partial charge in [-0.1, -0.05) is 0 Å². The van der Waals surface area contributed by atoms with Crippen molar-refractivity contribution in [1.29, 1.82) is 0 Å². The van der Waals surface area contributed by atoms with Crippen LogP contribution in [-0.2, 0) is 14.4 Å². The number of nitro groups is 1. The molecule has 1 unspecified atom stereocenters. The van der Waals surface area contributed by atoms with Crippen LogP contribution < -0.4 is 0 Å². The third kappa shape index (κ3) is 5.13. The maximum atomic E-state index is 11.7. The number of aliphatic carboxylic acids is 1. The van der Waals surface area contributed by atoms with Crippen molar-refractivity contribution in [2.45, 2.75) is 25.8 Å². The summed E-state index contributed by atoms with van der Waals surface area (Å²) in [6, 6.07) is -1.35. The SMILES string of the molecule is CC(=O)N(C(=O)CCC[N+](=O)[O-])C(CS)C(=O)O. The fourth-order valence-electron chi connectivity index (χ4n) is 1.32. The molecule has 0 aliphatic heterocycles. The van der Waals surface area contributed by atoms with E-state index in [0.717, 1.165) is 6.92 Å². The molecule has 0 heterocycles. The average Bonchev–Trinajstić information content (AvgIpc) is 2.23. The number of imide groups is 1. The van der Waals surface area contributed by atoms with Gasteiger partial charge in [0.15, 0.2) is 0 Å². The molecule has 1 N–H and O–H groups in total. The Bertz CT molecular complexity index is 359. The number of rotatable bonds is 7. The average molecular weight is 278 g/mol. The molecule has 102 valence electrons. The molecule has 9 heteroatoms. The summed E-state index contributed by atoms with van der Waals surface area (Å²) in [5.41, 5.74) is 0. The van der Waals surface area contributed by atoms with Gasteiger partial charge in [0, 0.05) is 30.4 Å². The smallest absolute Gasteiger partial charge is 0.327 e. The van der Waals surface area contributed by atoms with Crippen molar-refractivity contribution in [3.63, 3.8) is 0 Å². The van der Waals surface area contributed by atoms with Crippen LogP contribution >= 0.6 is 12.6 Å². The third-order valence-electron chi connectivity index (χ3n) is 2.11. The minimum atomic E-state index is -1.35. The molecule has 0 radical (unpaired) electrons. The van der Waals surface area contributed by atoms with Crippen LogP contribution in [0.5, 0.6) is 0 Å². The Hall–Kier alpha value is -1.64. The summed E-state index contributed by atoms with van der Waals surface area (Å²) in [7, 11) is 0. The highest BCUT2D eigenvalue weighted by atomic mass is 32.1. The molecule has 0 aromatic rings. The van der Waals surface area contributed by atoms with Crippen LogP contribution in [-0.4, -0.2) is 51.1 Å². The van der Waals surface area contributed by atoms with Gasteiger partial charge in [0.2, 0.25) is 18.4 Å². The topological polar surface area (TPSA) is 118 Å². The molecule has 0 saturated heterocycles. The predicted molar refractivity (Wildman–Crippen MR) is 63.9 cm³/mol. The highest BCUT2D eigenvalue weighted by molar-refractivity contribution is 7.80. The Morgan fingerprint density at radius 3 is 2.33 bits per heavy atom. The molecule has 0 rings (SSSR count). The lowest BCUT2D eigenvalue weighted by molar-refractivity contribution is -0.480. The van der Waals surface area contributed by atoms with Gasteiger partial charge in [-0.05, 0) is 0 Å². The van der Waals surface area contributed by atoms with E-state index < -0.39 is 35.3 Å². The van der Waals surface area contributed by atoms with E-state index in [1.807, 2.05) is 0 Å². The zero-order valence-corrected chi connectivity index (χ0v) is 10.6. The highest BCUT2D eigenvalue weighted by Gasteiger charge is 2.31. The normalized spacial score (nSPS) is 11.7. The number of nitrogens with zero attached hydrogens (tertiary/aromatic N) is 2. The molecular formula is C9H14N2O6S. The lowest BCUT2D eigenvalue weighted by Gasteiger charge is -2.24. The molecule has 0 saturated carbocycles. The summed E-state index contributed by atoms with van der Waals surface area (Å²) in [6.07, 6.45) is -0.299. The van der Waals surface area contributed by atoms with Crippen LogP contribution in [0.15, 0.2) is 0 Å². The molecule has 0 aliphatic rings. The number of carboxylic acids is 1. The van der Waals surface area contributed by atoms with Crippen molar-refractivity contribution in [2.75, 3.05) is 12.3 Å². The standard InChI is InChI=1S/C9H14N2O6S/c1-6(12)11(7(5-18)9(14)15)8(13)3-2-4-10(16)17/h7,18H,2-5H2,1H3,(H,14,15). The van der Waals surface area contributed by atoms with Gasteiger partial charge in [0.05, 0.1) is 0 Å². The number of carbonyl (C=O) groups is 3. The number of carboxylic acid groups (broad SMARTS) is 1. The van der Waals surface area contributed by atoms with Crippen LogP contribution in [0.25, 0.3) is 0 Å². The highest BCUT2D eigenvalue weighted by Crippen LogP contribution is 2.07. The maximum absolute atomic E-state index is 11.7. The van der Waals surface area contributed by atoms with Gasteiger partial charge >= 0.3 is 5.97 Å². The van der Waals surface area contributed by atoms with Crippen LogP contribution in [0.1, 0.15) is 19.8 Å². The van der Waals surface area contributed by atoms with E-state index in [9.17, 15) is 24.5 Å². The van der Waals surface area contributed by atoms with Gasteiger partial charge in [0.25, 0.3) is 0 Å². The third-order valence-corrected chi connectivity index (χ3v) is 2.45. The monoisotopic (exact) mass is 278 g/mol.